The van der Waals surface area contributed by atoms with Crippen molar-refractivity contribution in [3.8, 4) is 22.4 Å². The van der Waals surface area contributed by atoms with E-state index < -0.39 is 0 Å². The average molecular weight is 664 g/mol. The number of nitrogens with one attached hydrogen (secondary N) is 2. The van der Waals surface area contributed by atoms with Gasteiger partial charge in [-0.05, 0) is 100 Å². The number of aryl methyl sites for hydroxylation is 2. The molecule has 0 bridgehead atoms. The van der Waals surface area contributed by atoms with Crippen LogP contribution in [0.4, 0.5) is 0 Å². The molecule has 7 rings (SSSR count). The van der Waals surface area contributed by atoms with Crippen molar-refractivity contribution in [1.29, 1.82) is 0 Å². The number of imidazole rings is 1. The Morgan fingerprint density at radius 3 is 2.65 bits per heavy atom. The van der Waals surface area contributed by atoms with Gasteiger partial charge in [-0.25, -0.2) is 4.98 Å². The first-order chi connectivity index (χ1) is 23.2. The second-order valence-corrected chi connectivity index (χ2v) is 13.6. The zero-order valence-electron chi connectivity index (χ0n) is 27.9. The molecule has 1 saturated heterocycles. The summed E-state index contributed by atoms with van der Waals surface area (Å²) in [5.41, 5.74) is 9.31. The van der Waals surface area contributed by atoms with Crippen molar-refractivity contribution >= 4 is 34.4 Å². The minimum atomic E-state index is -0.313. The Morgan fingerprint density at radius 1 is 1.00 bits per heavy atom. The lowest BCUT2D eigenvalue weighted by Gasteiger charge is -2.27. The summed E-state index contributed by atoms with van der Waals surface area (Å²) in [4.78, 5) is 38.3. The van der Waals surface area contributed by atoms with Crippen LogP contribution in [0.1, 0.15) is 72.2 Å². The number of carbonyl (C=O) groups is 2. The highest BCUT2D eigenvalue weighted by Gasteiger charge is 2.27. The number of hydrogen-bond donors (Lipinski definition) is 2. The van der Waals surface area contributed by atoms with E-state index in [1.54, 1.807) is 6.92 Å². The second-order valence-electron chi connectivity index (χ2n) is 13.2. The number of amides is 2. The van der Waals surface area contributed by atoms with Gasteiger partial charge in [-0.15, -0.1) is 0 Å². The van der Waals surface area contributed by atoms with Gasteiger partial charge in [0.15, 0.2) is 0 Å². The minimum Gasteiger partial charge on any atom is -0.342 e. The first kappa shape index (κ1) is 32.1. The number of likely N-dealkylation sites (tertiary alicyclic amines) is 1. The van der Waals surface area contributed by atoms with Crippen molar-refractivity contribution in [2.45, 2.75) is 65.6 Å². The lowest BCUT2D eigenvalue weighted by molar-refractivity contribution is -0.129. The third-order valence-electron chi connectivity index (χ3n) is 9.71. The van der Waals surface area contributed by atoms with Crippen molar-refractivity contribution in [3.05, 3.63) is 93.9 Å². The topological polar surface area (TPSA) is 99.1 Å². The number of fused-ring (bicyclic) bond motifs is 2. The lowest BCUT2D eigenvalue weighted by atomic mass is 9.96. The summed E-state index contributed by atoms with van der Waals surface area (Å²) in [6.07, 6.45) is 4.40. The summed E-state index contributed by atoms with van der Waals surface area (Å²) >= 11 is 6.81. The summed E-state index contributed by atoms with van der Waals surface area (Å²) in [5, 5.41) is 8.84. The minimum absolute atomic E-state index is 0.0741. The van der Waals surface area contributed by atoms with E-state index >= 15 is 0 Å². The third-order valence-corrected chi connectivity index (χ3v) is 10.0. The van der Waals surface area contributed by atoms with Crippen LogP contribution in [0.2, 0.25) is 5.02 Å². The first-order valence-electron chi connectivity index (χ1n) is 17.0. The molecule has 2 aliphatic rings. The number of nitrogens with zero attached hydrogens (tertiary/aromatic N) is 5. The van der Waals surface area contributed by atoms with Gasteiger partial charge < -0.3 is 20.1 Å². The zero-order valence-corrected chi connectivity index (χ0v) is 28.6. The molecule has 9 nitrogen and oxygen atoms in total. The molecule has 248 valence electrons. The molecule has 0 aliphatic carbocycles. The van der Waals surface area contributed by atoms with Gasteiger partial charge in [-0.2, -0.15) is 5.10 Å². The predicted molar refractivity (Wildman–Crippen MR) is 190 cm³/mol. The Hall–Kier alpha value is -4.47. The third kappa shape index (κ3) is 6.62. The molecule has 0 spiro atoms. The Bertz CT molecular complexity index is 1990. The molecule has 0 radical (unpaired) electrons. The fourth-order valence-corrected chi connectivity index (χ4v) is 7.27. The lowest BCUT2D eigenvalue weighted by Crippen LogP contribution is -2.34. The highest BCUT2D eigenvalue weighted by Crippen LogP contribution is 2.36. The highest BCUT2D eigenvalue weighted by atomic mass is 35.5. The molecule has 5 aromatic rings. The van der Waals surface area contributed by atoms with Crippen LogP contribution in [0, 0.1) is 6.92 Å². The Kier molecular flexibility index (Phi) is 9.07. The van der Waals surface area contributed by atoms with Gasteiger partial charge in [0.25, 0.3) is 5.91 Å². The summed E-state index contributed by atoms with van der Waals surface area (Å²) in [6.45, 7) is 11.1. The number of benzene rings is 3. The Morgan fingerprint density at radius 2 is 1.83 bits per heavy atom. The van der Waals surface area contributed by atoms with Gasteiger partial charge in [-0.3, -0.25) is 14.3 Å². The van der Waals surface area contributed by atoms with E-state index in [-0.39, 0.29) is 17.9 Å². The van der Waals surface area contributed by atoms with Crippen LogP contribution in [0.15, 0.2) is 60.7 Å². The number of halogens is 1. The largest absolute Gasteiger partial charge is 0.342 e. The molecule has 48 heavy (non-hydrogen) atoms. The van der Waals surface area contributed by atoms with E-state index in [0.717, 1.165) is 70.5 Å². The quantitative estimate of drug-likeness (QED) is 0.178. The molecule has 1 unspecified atom stereocenters. The number of carbonyl (C=O) groups excluding carboxylic acids is 2. The molecule has 2 N–H and O–H groups in total. The van der Waals surface area contributed by atoms with Gasteiger partial charge in [-0.1, -0.05) is 35.9 Å². The van der Waals surface area contributed by atoms with Gasteiger partial charge in [0.05, 0.1) is 22.8 Å². The fraction of sp³-hybridized carbons (Fsp3) is 0.368. The molecule has 1 fully saturated rings. The number of aromatic nitrogens is 4. The molecule has 2 aliphatic heterocycles. The number of aromatic amines is 1. The van der Waals surface area contributed by atoms with Crippen molar-refractivity contribution < 1.29 is 9.59 Å². The first-order valence-corrected chi connectivity index (χ1v) is 17.3. The smallest absolute Gasteiger partial charge is 0.251 e. The maximum atomic E-state index is 13.4. The second kappa shape index (κ2) is 13.6. The van der Waals surface area contributed by atoms with Crippen molar-refractivity contribution in [1.82, 2.24) is 34.9 Å². The number of H-pyrrole nitrogens is 1. The van der Waals surface area contributed by atoms with Gasteiger partial charge in [0, 0.05) is 65.9 Å². The normalized spacial score (nSPS) is 15.5. The standard InChI is InChI=1S/C38H42ClN7O2/c1-24-10-13-33-34(20-24)42-37(41-33)25(2)40-38(48)29-9-6-8-27(21-29)30-22-28(11-12-32(30)39)36-31-23-45(26(3)47)19-14-35(31)46(43-36)18-7-17-44-15-4-5-16-44/h6,8-13,20-22,25H,4-5,7,14-19,23H2,1-3H3,(H,40,48)(H,41,42). The van der Waals surface area contributed by atoms with Crippen molar-refractivity contribution in [2.24, 2.45) is 0 Å². The van der Waals surface area contributed by atoms with Gasteiger partial charge in [0.1, 0.15) is 5.82 Å². The maximum absolute atomic E-state index is 13.4. The number of hydrogen-bond acceptors (Lipinski definition) is 5. The average Bonchev–Trinajstić information content (AvgIpc) is 3.84. The molecule has 4 heterocycles. The predicted octanol–water partition coefficient (Wildman–Crippen LogP) is 6.94. The summed E-state index contributed by atoms with van der Waals surface area (Å²) in [7, 11) is 0. The monoisotopic (exact) mass is 663 g/mol. The molecular formula is C38H42ClN7O2. The van der Waals surface area contributed by atoms with E-state index in [4.69, 9.17) is 16.7 Å². The van der Waals surface area contributed by atoms with Gasteiger partial charge in [0.2, 0.25) is 5.91 Å². The highest BCUT2D eigenvalue weighted by molar-refractivity contribution is 6.33. The molecule has 10 heteroatoms. The fourth-order valence-electron chi connectivity index (χ4n) is 7.05. The van der Waals surface area contributed by atoms with E-state index in [2.05, 4.69) is 37.0 Å². The summed E-state index contributed by atoms with van der Waals surface area (Å²) in [6, 6.07) is 19.2. The van der Waals surface area contributed by atoms with Crippen LogP contribution in [0.3, 0.4) is 0 Å². The van der Waals surface area contributed by atoms with Crippen molar-refractivity contribution in [2.75, 3.05) is 26.2 Å². The van der Waals surface area contributed by atoms with Gasteiger partial charge >= 0.3 is 0 Å². The molecule has 2 amide bonds. The molecular weight excluding hydrogens is 622 g/mol. The Balaban J connectivity index is 1.14. The van der Waals surface area contributed by atoms with E-state index in [1.165, 1.54) is 31.6 Å². The summed E-state index contributed by atoms with van der Waals surface area (Å²) in [5.74, 6) is 0.586. The summed E-state index contributed by atoms with van der Waals surface area (Å²) < 4.78 is 2.17. The van der Waals surface area contributed by atoms with Crippen LogP contribution in [-0.4, -0.2) is 67.5 Å². The van der Waals surface area contributed by atoms with Crippen molar-refractivity contribution in [3.63, 3.8) is 0 Å². The van der Waals surface area contributed by atoms with Crippen LogP contribution >= 0.6 is 11.6 Å². The zero-order chi connectivity index (χ0) is 33.4. The van der Waals surface area contributed by atoms with E-state index in [1.807, 2.05) is 67.3 Å². The van der Waals surface area contributed by atoms with Crippen LogP contribution in [0.5, 0.6) is 0 Å². The molecule has 1 atom stereocenters. The molecule has 0 saturated carbocycles. The molecule has 2 aromatic heterocycles. The maximum Gasteiger partial charge on any atom is 0.251 e. The van der Waals surface area contributed by atoms with E-state index in [9.17, 15) is 9.59 Å². The van der Waals surface area contributed by atoms with Crippen LogP contribution in [0.25, 0.3) is 33.4 Å². The Labute approximate surface area is 286 Å². The SMILES string of the molecule is CC(=O)N1CCc2c(c(-c3ccc(Cl)c(-c4cccc(C(=O)NC(C)c5nc6ccc(C)cc6[nH]5)c4)c3)nn2CCCN2CCCC2)C1. The van der Waals surface area contributed by atoms with Crippen LogP contribution in [-0.2, 0) is 24.3 Å². The van der Waals surface area contributed by atoms with Crippen LogP contribution < -0.4 is 5.32 Å². The van der Waals surface area contributed by atoms with E-state index in [0.29, 0.717) is 29.5 Å². The number of rotatable bonds is 9. The molecule has 3 aromatic carbocycles.